The van der Waals surface area contributed by atoms with E-state index in [4.69, 9.17) is 9.47 Å². The highest BCUT2D eigenvalue weighted by Crippen LogP contribution is 2.39. The van der Waals surface area contributed by atoms with Crippen molar-refractivity contribution in [2.24, 2.45) is 0 Å². The van der Waals surface area contributed by atoms with Gasteiger partial charge in [-0.1, -0.05) is 6.42 Å². The first-order chi connectivity index (χ1) is 14.4. The molecular formula is C21H30N2O6S. The van der Waals surface area contributed by atoms with Crippen molar-refractivity contribution in [3.63, 3.8) is 0 Å². The van der Waals surface area contributed by atoms with Crippen LogP contribution in [0.1, 0.15) is 44.9 Å². The highest BCUT2D eigenvalue weighted by atomic mass is 32.2. The van der Waals surface area contributed by atoms with E-state index in [1.165, 1.54) is 0 Å². The Kier molecular flexibility index (Phi) is 6.22. The predicted octanol–water partition coefficient (Wildman–Crippen LogP) is 2.36. The number of carbonyl (C=O) groups is 1. The molecule has 1 aromatic rings. The second kappa shape index (κ2) is 8.72. The molecule has 9 heteroatoms. The van der Waals surface area contributed by atoms with Crippen LogP contribution in [0.25, 0.3) is 0 Å². The molecule has 30 heavy (non-hydrogen) atoms. The number of methoxy groups -OCH3 is 1. The van der Waals surface area contributed by atoms with Gasteiger partial charge in [-0.3, -0.25) is 0 Å². The Morgan fingerprint density at radius 1 is 1.03 bits per heavy atom. The summed E-state index contributed by atoms with van der Waals surface area (Å²) >= 11 is 0. The third kappa shape index (κ3) is 4.15. The van der Waals surface area contributed by atoms with Crippen LogP contribution in [-0.4, -0.2) is 73.3 Å². The number of aliphatic hydroxyl groups excluding tert-OH is 1. The van der Waals surface area contributed by atoms with Crippen LogP contribution in [0.3, 0.4) is 0 Å². The molecular weight excluding hydrogens is 408 g/mol. The van der Waals surface area contributed by atoms with E-state index in [1.54, 1.807) is 40.6 Å². The maximum absolute atomic E-state index is 13.5. The monoisotopic (exact) mass is 438 g/mol. The van der Waals surface area contributed by atoms with Crippen molar-refractivity contribution < 1.29 is 27.8 Å². The average molecular weight is 439 g/mol. The third-order valence-electron chi connectivity index (χ3n) is 6.55. The van der Waals surface area contributed by atoms with Gasteiger partial charge < -0.3 is 19.5 Å². The Morgan fingerprint density at radius 3 is 2.40 bits per heavy atom. The summed E-state index contributed by atoms with van der Waals surface area (Å²) < 4.78 is 39.5. The van der Waals surface area contributed by atoms with Crippen LogP contribution in [0.15, 0.2) is 29.2 Å². The Bertz CT molecular complexity index is 851. The summed E-state index contributed by atoms with van der Waals surface area (Å²) in [5.41, 5.74) is 0. The lowest BCUT2D eigenvalue weighted by atomic mass is 9.85. The number of piperidine rings is 3. The van der Waals surface area contributed by atoms with Crippen molar-refractivity contribution in [2.45, 2.75) is 74.1 Å². The molecule has 8 nitrogen and oxygen atoms in total. The average Bonchev–Trinajstić information content (AvgIpc) is 2.76. The normalized spacial score (nSPS) is 28.2. The Morgan fingerprint density at radius 2 is 1.73 bits per heavy atom. The summed E-state index contributed by atoms with van der Waals surface area (Å²) in [5, 5.41) is 9.65. The van der Waals surface area contributed by atoms with Crippen molar-refractivity contribution >= 4 is 16.1 Å². The topological polar surface area (TPSA) is 96.4 Å². The van der Waals surface area contributed by atoms with E-state index in [0.717, 1.165) is 12.8 Å². The zero-order chi connectivity index (χ0) is 21.3. The van der Waals surface area contributed by atoms with Crippen LogP contribution in [0.2, 0.25) is 0 Å². The maximum Gasteiger partial charge on any atom is 0.410 e. The number of likely N-dealkylation sites (tertiary alicyclic amines) is 1. The van der Waals surface area contributed by atoms with Crippen LogP contribution in [0.5, 0.6) is 5.75 Å². The first-order valence-electron chi connectivity index (χ1n) is 10.7. The molecule has 1 aromatic carbocycles. The minimum atomic E-state index is -3.71. The smallest absolute Gasteiger partial charge is 0.410 e. The second-order valence-electron chi connectivity index (χ2n) is 8.38. The zero-order valence-electron chi connectivity index (χ0n) is 17.3. The Hall–Kier alpha value is -1.84. The lowest BCUT2D eigenvalue weighted by Crippen LogP contribution is -2.59. The van der Waals surface area contributed by atoms with Crippen molar-refractivity contribution in [3.8, 4) is 5.75 Å². The lowest BCUT2D eigenvalue weighted by molar-refractivity contribution is -0.0301. The van der Waals surface area contributed by atoms with Gasteiger partial charge in [0.15, 0.2) is 0 Å². The molecule has 3 atom stereocenters. The van der Waals surface area contributed by atoms with Gasteiger partial charge in [-0.2, -0.15) is 4.31 Å². The first kappa shape index (κ1) is 21.4. The fourth-order valence-electron chi connectivity index (χ4n) is 4.89. The highest BCUT2D eigenvalue weighted by molar-refractivity contribution is 7.89. The van der Waals surface area contributed by atoms with E-state index in [2.05, 4.69) is 0 Å². The molecule has 2 bridgehead atoms. The molecule has 3 fully saturated rings. The number of fused-ring (bicyclic) bond motifs is 2. The van der Waals surface area contributed by atoms with E-state index in [9.17, 15) is 18.3 Å². The molecule has 3 saturated heterocycles. The van der Waals surface area contributed by atoms with E-state index in [-0.39, 0.29) is 23.1 Å². The van der Waals surface area contributed by atoms with Gasteiger partial charge in [0.1, 0.15) is 11.9 Å². The summed E-state index contributed by atoms with van der Waals surface area (Å²) in [6, 6.07) is 6.03. The van der Waals surface area contributed by atoms with Crippen LogP contribution < -0.4 is 4.74 Å². The summed E-state index contributed by atoms with van der Waals surface area (Å²) in [6.07, 6.45) is 3.66. The third-order valence-corrected chi connectivity index (χ3v) is 8.54. The fourth-order valence-corrected chi connectivity index (χ4v) is 6.82. The van der Waals surface area contributed by atoms with Gasteiger partial charge in [-0.15, -0.1) is 0 Å². The van der Waals surface area contributed by atoms with Crippen LogP contribution in [-0.2, 0) is 14.8 Å². The highest BCUT2D eigenvalue weighted by Gasteiger charge is 2.48. The Labute approximate surface area is 177 Å². The number of carbonyl (C=O) groups excluding carboxylic acids is 1. The van der Waals surface area contributed by atoms with Crippen molar-refractivity contribution in [1.29, 1.82) is 0 Å². The van der Waals surface area contributed by atoms with Crippen molar-refractivity contribution in [1.82, 2.24) is 9.21 Å². The van der Waals surface area contributed by atoms with Crippen molar-refractivity contribution in [3.05, 3.63) is 24.3 Å². The molecule has 3 heterocycles. The predicted molar refractivity (Wildman–Crippen MR) is 110 cm³/mol. The maximum atomic E-state index is 13.5. The summed E-state index contributed by atoms with van der Waals surface area (Å²) in [6.45, 7) is 0.932. The largest absolute Gasteiger partial charge is 0.497 e. The fraction of sp³-hybridized carbons (Fsp3) is 0.667. The molecule has 0 spiro atoms. The quantitative estimate of drug-likeness (QED) is 0.775. The van der Waals surface area contributed by atoms with E-state index in [1.807, 2.05) is 0 Å². The number of rotatable bonds is 4. The van der Waals surface area contributed by atoms with Crippen LogP contribution in [0.4, 0.5) is 4.79 Å². The SMILES string of the molecule is COc1ccc(S(=O)(=O)N2C3CCCC2[C@@H](OC(=O)N2CCC(O)CC2)CC3)cc1. The number of nitrogens with zero attached hydrogens (tertiary/aromatic N) is 2. The second-order valence-corrected chi connectivity index (χ2v) is 10.2. The minimum absolute atomic E-state index is 0.0593. The van der Waals surface area contributed by atoms with E-state index in [0.29, 0.717) is 50.9 Å². The van der Waals surface area contributed by atoms with E-state index < -0.39 is 22.2 Å². The molecule has 2 unspecified atom stereocenters. The van der Waals surface area contributed by atoms with Gasteiger partial charge in [-0.25, -0.2) is 13.2 Å². The van der Waals surface area contributed by atoms with Gasteiger partial charge in [0.2, 0.25) is 10.0 Å². The molecule has 0 aromatic heterocycles. The summed E-state index contributed by atoms with van der Waals surface area (Å²) in [4.78, 5) is 14.5. The molecule has 0 saturated carbocycles. The zero-order valence-corrected chi connectivity index (χ0v) is 18.1. The molecule has 0 aliphatic carbocycles. The number of ether oxygens (including phenoxy) is 2. The van der Waals surface area contributed by atoms with E-state index >= 15 is 0 Å². The molecule has 1 amide bonds. The number of benzene rings is 1. The number of hydrogen-bond donors (Lipinski definition) is 1. The molecule has 3 aliphatic heterocycles. The lowest BCUT2D eigenvalue weighted by Gasteiger charge is -2.48. The molecule has 4 rings (SSSR count). The van der Waals surface area contributed by atoms with Gasteiger partial charge >= 0.3 is 6.09 Å². The number of sulfonamides is 1. The van der Waals surface area contributed by atoms with Crippen molar-refractivity contribution in [2.75, 3.05) is 20.2 Å². The molecule has 166 valence electrons. The summed E-state index contributed by atoms with van der Waals surface area (Å²) in [7, 11) is -2.17. The number of amides is 1. The van der Waals surface area contributed by atoms with Gasteiger partial charge in [0.25, 0.3) is 0 Å². The molecule has 1 N–H and O–H groups in total. The van der Waals surface area contributed by atoms with Gasteiger partial charge in [0.05, 0.1) is 24.2 Å². The van der Waals surface area contributed by atoms with Crippen LogP contribution in [0, 0.1) is 0 Å². The standard InChI is InChI=1S/C21H30N2O6S/c1-28-17-6-8-18(9-7-17)30(26,27)23-15-3-2-4-19(23)20(10-5-15)29-21(25)22-13-11-16(24)12-14-22/h6-9,15-16,19-20,24H,2-5,10-14H2,1H3/t15?,19?,20-/m0/s1. The van der Waals surface area contributed by atoms with Gasteiger partial charge in [-0.05, 0) is 62.8 Å². The number of hydrogen-bond acceptors (Lipinski definition) is 6. The molecule has 0 radical (unpaired) electrons. The Balaban J connectivity index is 1.52. The minimum Gasteiger partial charge on any atom is -0.497 e. The van der Waals surface area contributed by atoms with Crippen LogP contribution >= 0.6 is 0 Å². The first-order valence-corrected chi connectivity index (χ1v) is 12.2. The number of aliphatic hydroxyl groups is 1. The molecule has 3 aliphatic rings. The summed E-state index contributed by atoms with van der Waals surface area (Å²) in [5.74, 6) is 0.603. The van der Waals surface area contributed by atoms with Gasteiger partial charge in [0, 0.05) is 19.1 Å².